The monoisotopic (exact) mass is 309 g/mol. The minimum atomic E-state index is -0.665. The summed E-state index contributed by atoms with van der Waals surface area (Å²) < 4.78 is 0. The molecule has 0 radical (unpaired) electrons. The summed E-state index contributed by atoms with van der Waals surface area (Å²) in [5.74, 6) is -0.335. The lowest BCUT2D eigenvalue weighted by Crippen LogP contribution is -2.19. The van der Waals surface area contributed by atoms with Gasteiger partial charge in [-0.2, -0.15) is 5.10 Å². The van der Waals surface area contributed by atoms with Gasteiger partial charge < -0.3 is 16.4 Å². The van der Waals surface area contributed by atoms with Gasteiger partial charge >= 0.3 is 6.03 Å². The molecule has 0 fully saturated rings. The number of benzene rings is 2. The highest BCUT2D eigenvalue weighted by molar-refractivity contribution is 6.11. The molecule has 0 aliphatic rings. The van der Waals surface area contributed by atoms with Crippen molar-refractivity contribution in [3.05, 3.63) is 53.7 Å². The lowest BCUT2D eigenvalue weighted by molar-refractivity contribution is 0.102. The van der Waals surface area contributed by atoms with E-state index in [-0.39, 0.29) is 5.91 Å². The van der Waals surface area contributed by atoms with E-state index in [9.17, 15) is 9.59 Å². The van der Waals surface area contributed by atoms with Gasteiger partial charge in [-0.05, 0) is 37.3 Å². The first-order valence-electron chi connectivity index (χ1n) is 6.95. The third-order valence-corrected chi connectivity index (χ3v) is 3.32. The number of rotatable bonds is 3. The number of aromatic amines is 1. The predicted molar refractivity (Wildman–Crippen MR) is 88.4 cm³/mol. The zero-order chi connectivity index (χ0) is 16.4. The van der Waals surface area contributed by atoms with Crippen molar-refractivity contribution < 1.29 is 9.59 Å². The van der Waals surface area contributed by atoms with Crippen molar-refractivity contribution in [3.63, 3.8) is 0 Å². The number of H-pyrrole nitrogens is 1. The fourth-order valence-electron chi connectivity index (χ4n) is 2.31. The zero-order valence-corrected chi connectivity index (χ0v) is 12.4. The molecule has 7 heteroatoms. The van der Waals surface area contributed by atoms with Crippen LogP contribution in [0.3, 0.4) is 0 Å². The predicted octanol–water partition coefficient (Wildman–Crippen LogP) is 2.61. The van der Waals surface area contributed by atoms with Crippen LogP contribution in [0.25, 0.3) is 10.9 Å². The Morgan fingerprint density at radius 1 is 1.09 bits per heavy atom. The maximum atomic E-state index is 12.4. The van der Waals surface area contributed by atoms with Crippen molar-refractivity contribution in [1.29, 1.82) is 0 Å². The van der Waals surface area contributed by atoms with Gasteiger partial charge in [0.05, 0.1) is 5.52 Å². The van der Waals surface area contributed by atoms with Gasteiger partial charge in [0.15, 0.2) is 5.69 Å². The minimum absolute atomic E-state index is 0.317. The number of aromatic nitrogens is 2. The number of nitrogens with two attached hydrogens (primary N) is 1. The van der Waals surface area contributed by atoms with Crippen LogP contribution in [0.15, 0.2) is 42.5 Å². The molecule has 1 heterocycles. The Labute approximate surface area is 131 Å². The molecule has 1 aromatic heterocycles. The smallest absolute Gasteiger partial charge is 0.316 e. The van der Waals surface area contributed by atoms with E-state index < -0.39 is 6.03 Å². The van der Waals surface area contributed by atoms with Crippen LogP contribution in [-0.2, 0) is 0 Å². The van der Waals surface area contributed by atoms with Gasteiger partial charge in [-0.25, -0.2) is 4.79 Å². The third kappa shape index (κ3) is 3.13. The van der Waals surface area contributed by atoms with Gasteiger partial charge in [0.1, 0.15) is 0 Å². The Bertz CT molecular complexity index is 900. The number of aryl methyl sites for hydroxylation is 1. The normalized spacial score (nSPS) is 10.5. The molecule has 0 saturated carbocycles. The summed E-state index contributed by atoms with van der Waals surface area (Å²) >= 11 is 0. The second-order valence-corrected chi connectivity index (χ2v) is 5.15. The van der Waals surface area contributed by atoms with Crippen LogP contribution in [0.4, 0.5) is 16.2 Å². The molecule has 7 nitrogen and oxygen atoms in total. The molecule has 3 amide bonds. The van der Waals surface area contributed by atoms with Crippen molar-refractivity contribution >= 4 is 34.2 Å². The number of carbonyl (C=O) groups excluding carboxylic acids is 2. The number of primary amides is 1. The van der Waals surface area contributed by atoms with Crippen LogP contribution >= 0.6 is 0 Å². The molecule has 3 rings (SSSR count). The largest absolute Gasteiger partial charge is 0.351 e. The Morgan fingerprint density at radius 2 is 1.83 bits per heavy atom. The Kier molecular flexibility index (Phi) is 3.68. The summed E-state index contributed by atoms with van der Waals surface area (Å²) in [6.07, 6.45) is 0. The molecule has 0 aliphatic carbocycles. The van der Waals surface area contributed by atoms with E-state index >= 15 is 0 Å². The second-order valence-electron chi connectivity index (χ2n) is 5.15. The van der Waals surface area contributed by atoms with Gasteiger partial charge in [-0.1, -0.05) is 17.7 Å². The Morgan fingerprint density at radius 3 is 2.57 bits per heavy atom. The van der Waals surface area contributed by atoms with E-state index in [4.69, 9.17) is 5.73 Å². The summed E-state index contributed by atoms with van der Waals surface area (Å²) in [6, 6.07) is 11.8. The average molecular weight is 309 g/mol. The summed E-state index contributed by atoms with van der Waals surface area (Å²) in [6.45, 7) is 1.95. The highest BCUT2D eigenvalue weighted by Crippen LogP contribution is 2.20. The lowest BCUT2D eigenvalue weighted by Gasteiger charge is -2.06. The number of fused-ring (bicyclic) bond motifs is 1. The van der Waals surface area contributed by atoms with Crippen molar-refractivity contribution in [2.45, 2.75) is 6.92 Å². The van der Waals surface area contributed by atoms with E-state index in [0.29, 0.717) is 17.1 Å². The van der Waals surface area contributed by atoms with Gasteiger partial charge in [-0.3, -0.25) is 9.89 Å². The van der Waals surface area contributed by atoms with Gasteiger partial charge in [0.2, 0.25) is 0 Å². The van der Waals surface area contributed by atoms with Crippen molar-refractivity contribution in [1.82, 2.24) is 10.2 Å². The van der Waals surface area contributed by atoms with Gasteiger partial charge in [0, 0.05) is 16.8 Å². The maximum Gasteiger partial charge on any atom is 0.316 e. The van der Waals surface area contributed by atoms with Crippen LogP contribution in [0.1, 0.15) is 16.1 Å². The molecule has 0 bridgehead atoms. The summed E-state index contributed by atoms with van der Waals surface area (Å²) in [7, 11) is 0. The molecule has 0 unspecified atom stereocenters. The van der Waals surface area contributed by atoms with Crippen LogP contribution in [0, 0.1) is 6.92 Å². The van der Waals surface area contributed by atoms with Crippen molar-refractivity contribution in [2.75, 3.05) is 10.6 Å². The van der Waals surface area contributed by atoms with E-state index in [1.54, 1.807) is 24.3 Å². The first-order chi connectivity index (χ1) is 11.0. The molecule has 23 heavy (non-hydrogen) atoms. The minimum Gasteiger partial charge on any atom is -0.351 e. The van der Waals surface area contributed by atoms with Crippen LogP contribution in [0.2, 0.25) is 0 Å². The molecule has 0 saturated heterocycles. The molecule has 2 aromatic carbocycles. The van der Waals surface area contributed by atoms with Crippen LogP contribution in [-0.4, -0.2) is 22.1 Å². The quantitative estimate of drug-likeness (QED) is 0.596. The number of hydrogen-bond donors (Lipinski definition) is 4. The third-order valence-electron chi connectivity index (χ3n) is 3.32. The summed E-state index contributed by atoms with van der Waals surface area (Å²) in [4.78, 5) is 23.3. The number of hydrogen-bond acceptors (Lipinski definition) is 3. The van der Waals surface area contributed by atoms with E-state index in [2.05, 4.69) is 20.8 Å². The Hall–Kier alpha value is -3.35. The number of nitrogens with one attached hydrogen (secondary N) is 3. The summed E-state index contributed by atoms with van der Waals surface area (Å²) in [5.41, 5.74) is 8.26. The van der Waals surface area contributed by atoms with E-state index in [0.717, 1.165) is 16.5 Å². The lowest BCUT2D eigenvalue weighted by atomic mass is 10.1. The SMILES string of the molecule is Cc1ccc2[nH]nc(C(=O)Nc3cccc(NC(N)=O)c3)c2c1. The molecule has 5 N–H and O–H groups in total. The molecule has 3 aromatic rings. The van der Waals surface area contributed by atoms with Gasteiger partial charge in [0.25, 0.3) is 5.91 Å². The number of carbonyl (C=O) groups is 2. The molecular weight excluding hydrogens is 294 g/mol. The number of anilines is 2. The molecule has 116 valence electrons. The fourth-order valence-corrected chi connectivity index (χ4v) is 2.31. The fraction of sp³-hybridized carbons (Fsp3) is 0.0625. The molecule has 0 atom stereocenters. The standard InChI is InChI=1S/C16H15N5O2/c1-9-5-6-13-12(7-9)14(21-20-13)15(22)18-10-3-2-4-11(8-10)19-16(17)23/h2-8H,1H3,(H,18,22)(H,20,21)(H3,17,19,23). The van der Waals surface area contributed by atoms with Crippen LogP contribution < -0.4 is 16.4 Å². The Balaban J connectivity index is 1.86. The highest BCUT2D eigenvalue weighted by Gasteiger charge is 2.14. The number of nitrogens with zero attached hydrogens (tertiary/aromatic N) is 1. The molecular formula is C16H15N5O2. The molecule has 0 aliphatic heterocycles. The number of amides is 3. The first-order valence-corrected chi connectivity index (χ1v) is 6.95. The average Bonchev–Trinajstić information content (AvgIpc) is 2.89. The topological polar surface area (TPSA) is 113 Å². The van der Waals surface area contributed by atoms with Crippen molar-refractivity contribution in [2.24, 2.45) is 5.73 Å². The van der Waals surface area contributed by atoms with E-state index in [1.165, 1.54) is 0 Å². The summed E-state index contributed by atoms with van der Waals surface area (Å²) in [5, 5.41) is 12.9. The van der Waals surface area contributed by atoms with E-state index in [1.807, 2.05) is 25.1 Å². The highest BCUT2D eigenvalue weighted by atomic mass is 16.2. The van der Waals surface area contributed by atoms with Gasteiger partial charge in [-0.15, -0.1) is 0 Å². The van der Waals surface area contributed by atoms with Crippen LogP contribution in [0.5, 0.6) is 0 Å². The molecule has 0 spiro atoms. The zero-order valence-electron chi connectivity index (χ0n) is 12.4. The number of urea groups is 1. The second kappa shape index (κ2) is 5.80. The maximum absolute atomic E-state index is 12.4. The van der Waals surface area contributed by atoms with Crippen molar-refractivity contribution in [3.8, 4) is 0 Å². The first kappa shape index (κ1) is 14.6.